The van der Waals surface area contributed by atoms with Crippen LogP contribution in [0.1, 0.15) is 219 Å². The molecule has 5 nitrogen and oxygen atoms in total. The van der Waals surface area contributed by atoms with Gasteiger partial charge in [-0.15, -0.1) is 0 Å². The molecule has 0 spiro atoms. The minimum atomic E-state index is -0.450. The quantitative estimate of drug-likeness (QED) is 0.0608. The highest BCUT2D eigenvalue weighted by Gasteiger charge is 2.19. The Morgan fingerprint density at radius 3 is 1.18 bits per heavy atom. The lowest BCUT2D eigenvalue weighted by Gasteiger charge is -2.18. The second kappa shape index (κ2) is 36.4. The molecule has 0 aliphatic heterocycles. The van der Waals surface area contributed by atoms with Gasteiger partial charge < -0.3 is 16.4 Å². The fourth-order valence-electron chi connectivity index (χ4n) is 6.17. The van der Waals surface area contributed by atoms with Crippen molar-refractivity contribution in [2.24, 2.45) is 5.73 Å². The fraction of sp³-hybridized carbons (Fsp3) is 0.949. The SMILES string of the molecule is CCCCCCCCCCCCCCCCCCCCCC(=O)NC(CCCN)C(=O)NCCCCCCCCCCCC. The van der Waals surface area contributed by atoms with Gasteiger partial charge in [0.25, 0.3) is 0 Å². The fourth-order valence-corrected chi connectivity index (χ4v) is 6.17. The molecule has 0 bridgehead atoms. The van der Waals surface area contributed by atoms with Crippen molar-refractivity contribution >= 4 is 11.8 Å². The summed E-state index contributed by atoms with van der Waals surface area (Å²) in [5, 5.41) is 6.05. The van der Waals surface area contributed by atoms with Gasteiger partial charge in [-0.3, -0.25) is 9.59 Å². The number of amides is 2. The number of unbranched alkanes of at least 4 members (excludes halogenated alkanes) is 27. The first-order valence-electron chi connectivity index (χ1n) is 19.9. The van der Waals surface area contributed by atoms with E-state index in [1.54, 1.807) is 0 Å². The molecule has 0 fully saturated rings. The van der Waals surface area contributed by atoms with E-state index in [2.05, 4.69) is 24.5 Å². The number of nitrogens with two attached hydrogens (primary N) is 1. The zero-order chi connectivity index (χ0) is 32.2. The van der Waals surface area contributed by atoms with Crippen molar-refractivity contribution < 1.29 is 9.59 Å². The van der Waals surface area contributed by atoms with Gasteiger partial charge in [-0.1, -0.05) is 187 Å². The van der Waals surface area contributed by atoms with Crippen LogP contribution in [0, 0.1) is 0 Å². The smallest absolute Gasteiger partial charge is 0.242 e. The van der Waals surface area contributed by atoms with Gasteiger partial charge in [0.05, 0.1) is 0 Å². The molecule has 0 rings (SSSR count). The van der Waals surface area contributed by atoms with Gasteiger partial charge in [-0.25, -0.2) is 0 Å². The van der Waals surface area contributed by atoms with Crippen LogP contribution in [0.3, 0.4) is 0 Å². The Hall–Kier alpha value is -1.10. The first kappa shape index (κ1) is 42.9. The molecule has 2 amide bonds. The van der Waals surface area contributed by atoms with Crippen LogP contribution in [0.5, 0.6) is 0 Å². The van der Waals surface area contributed by atoms with Crippen molar-refractivity contribution in [3.05, 3.63) is 0 Å². The molecule has 0 heterocycles. The Morgan fingerprint density at radius 1 is 0.477 bits per heavy atom. The topological polar surface area (TPSA) is 84.2 Å². The molecule has 1 unspecified atom stereocenters. The third-order valence-corrected chi connectivity index (χ3v) is 9.19. The summed E-state index contributed by atoms with van der Waals surface area (Å²) < 4.78 is 0. The number of hydrogen-bond acceptors (Lipinski definition) is 3. The van der Waals surface area contributed by atoms with E-state index in [-0.39, 0.29) is 11.8 Å². The van der Waals surface area contributed by atoms with Crippen molar-refractivity contribution in [1.82, 2.24) is 10.6 Å². The van der Waals surface area contributed by atoms with Crippen LogP contribution in [0.15, 0.2) is 0 Å². The van der Waals surface area contributed by atoms with Crippen LogP contribution >= 0.6 is 0 Å². The summed E-state index contributed by atoms with van der Waals surface area (Å²) >= 11 is 0. The molecular formula is C39H79N3O2. The summed E-state index contributed by atoms with van der Waals surface area (Å²) in [5.74, 6) is -0.0380. The lowest BCUT2D eigenvalue weighted by Crippen LogP contribution is -2.47. The molecule has 4 N–H and O–H groups in total. The van der Waals surface area contributed by atoms with Crippen LogP contribution in [0.4, 0.5) is 0 Å². The molecule has 0 aromatic carbocycles. The van der Waals surface area contributed by atoms with Gasteiger partial charge >= 0.3 is 0 Å². The summed E-state index contributed by atoms with van der Waals surface area (Å²) in [5.41, 5.74) is 5.69. The zero-order valence-corrected chi connectivity index (χ0v) is 30.0. The Labute approximate surface area is 275 Å². The van der Waals surface area contributed by atoms with Gasteiger partial charge in [0.1, 0.15) is 6.04 Å². The van der Waals surface area contributed by atoms with E-state index < -0.39 is 6.04 Å². The zero-order valence-electron chi connectivity index (χ0n) is 30.0. The van der Waals surface area contributed by atoms with Crippen molar-refractivity contribution in [1.29, 1.82) is 0 Å². The van der Waals surface area contributed by atoms with E-state index in [9.17, 15) is 9.59 Å². The van der Waals surface area contributed by atoms with E-state index in [0.717, 1.165) is 32.1 Å². The molecule has 0 aliphatic carbocycles. The maximum atomic E-state index is 12.7. The first-order chi connectivity index (χ1) is 21.7. The summed E-state index contributed by atoms with van der Waals surface area (Å²) in [7, 11) is 0. The summed E-state index contributed by atoms with van der Waals surface area (Å²) in [6.45, 7) is 5.79. The molecule has 0 radical (unpaired) electrons. The van der Waals surface area contributed by atoms with Crippen LogP contribution in [0.2, 0.25) is 0 Å². The third kappa shape index (κ3) is 32.3. The Kier molecular flexibility index (Phi) is 35.5. The van der Waals surface area contributed by atoms with E-state index >= 15 is 0 Å². The van der Waals surface area contributed by atoms with E-state index in [4.69, 9.17) is 5.73 Å². The average Bonchev–Trinajstić information content (AvgIpc) is 3.02. The van der Waals surface area contributed by atoms with Gasteiger partial charge in [-0.2, -0.15) is 0 Å². The standard InChI is InChI=1S/C39H79N3O2/c1-3-5-7-9-11-13-15-16-17-18-19-20-21-22-23-24-26-28-30-34-38(43)42-37(33-32-35-40)39(44)41-36-31-29-27-25-14-12-10-8-6-4-2/h37H,3-36,40H2,1-2H3,(H,41,44)(H,42,43). The van der Waals surface area contributed by atoms with E-state index in [1.165, 1.54) is 161 Å². The van der Waals surface area contributed by atoms with E-state index in [0.29, 0.717) is 25.9 Å². The van der Waals surface area contributed by atoms with Crippen molar-refractivity contribution in [2.45, 2.75) is 225 Å². The van der Waals surface area contributed by atoms with Gasteiger partial charge in [-0.05, 0) is 32.2 Å². The lowest BCUT2D eigenvalue weighted by atomic mass is 10.0. The van der Waals surface area contributed by atoms with Gasteiger partial charge in [0.15, 0.2) is 0 Å². The number of nitrogens with one attached hydrogen (secondary N) is 2. The van der Waals surface area contributed by atoms with Crippen molar-refractivity contribution in [2.75, 3.05) is 13.1 Å². The average molecular weight is 622 g/mol. The lowest BCUT2D eigenvalue weighted by molar-refractivity contribution is -0.129. The highest BCUT2D eigenvalue weighted by molar-refractivity contribution is 5.87. The minimum absolute atomic E-state index is 0.00748. The number of carbonyl (C=O) groups is 2. The first-order valence-corrected chi connectivity index (χ1v) is 19.9. The summed E-state index contributed by atoms with van der Waals surface area (Å²) in [6, 6.07) is -0.450. The molecule has 44 heavy (non-hydrogen) atoms. The predicted molar refractivity (Wildman–Crippen MR) is 193 cm³/mol. The van der Waals surface area contributed by atoms with Crippen LogP contribution in [-0.2, 0) is 9.59 Å². The van der Waals surface area contributed by atoms with Gasteiger partial charge in [0.2, 0.25) is 11.8 Å². The predicted octanol–water partition coefficient (Wildman–Crippen LogP) is 11.1. The molecule has 0 saturated carbocycles. The number of rotatable bonds is 36. The van der Waals surface area contributed by atoms with Gasteiger partial charge in [0, 0.05) is 13.0 Å². The normalized spacial score (nSPS) is 12.0. The van der Waals surface area contributed by atoms with Crippen LogP contribution in [-0.4, -0.2) is 30.9 Å². The molecule has 1 atom stereocenters. The minimum Gasteiger partial charge on any atom is -0.354 e. The Bertz CT molecular complexity index is 598. The second-order valence-corrected chi connectivity index (χ2v) is 13.6. The summed E-state index contributed by atoms with van der Waals surface area (Å²) in [6.07, 6.45) is 40.4. The third-order valence-electron chi connectivity index (χ3n) is 9.19. The molecule has 0 aromatic heterocycles. The highest BCUT2D eigenvalue weighted by Crippen LogP contribution is 2.15. The largest absolute Gasteiger partial charge is 0.354 e. The number of hydrogen-bond donors (Lipinski definition) is 3. The molecule has 5 heteroatoms. The second-order valence-electron chi connectivity index (χ2n) is 13.6. The molecule has 0 aliphatic rings. The van der Waals surface area contributed by atoms with Crippen molar-refractivity contribution in [3.8, 4) is 0 Å². The Morgan fingerprint density at radius 2 is 0.818 bits per heavy atom. The molecule has 0 aromatic rings. The van der Waals surface area contributed by atoms with E-state index in [1.807, 2.05) is 0 Å². The molecule has 262 valence electrons. The monoisotopic (exact) mass is 622 g/mol. The highest BCUT2D eigenvalue weighted by atomic mass is 16.2. The van der Waals surface area contributed by atoms with Crippen LogP contribution < -0.4 is 16.4 Å². The summed E-state index contributed by atoms with van der Waals surface area (Å²) in [4.78, 5) is 25.3. The molecular weight excluding hydrogens is 542 g/mol. The maximum absolute atomic E-state index is 12.7. The van der Waals surface area contributed by atoms with Crippen LogP contribution in [0.25, 0.3) is 0 Å². The maximum Gasteiger partial charge on any atom is 0.242 e. The number of carbonyl (C=O) groups excluding carboxylic acids is 2. The Balaban J connectivity index is 3.67. The van der Waals surface area contributed by atoms with Crippen molar-refractivity contribution in [3.63, 3.8) is 0 Å². The molecule has 0 saturated heterocycles.